The first kappa shape index (κ1) is 14.9. The van der Waals surface area contributed by atoms with Crippen LogP contribution in [0.3, 0.4) is 0 Å². The Bertz CT molecular complexity index is 878. The van der Waals surface area contributed by atoms with E-state index in [4.69, 9.17) is 12.2 Å². The van der Waals surface area contributed by atoms with E-state index in [0.717, 1.165) is 15.6 Å². The molecule has 3 rings (SSSR count). The molecule has 0 saturated carbocycles. The van der Waals surface area contributed by atoms with Gasteiger partial charge in [-0.15, -0.1) is 0 Å². The third-order valence-electron chi connectivity index (χ3n) is 3.18. The molecule has 110 valence electrons. The Kier molecular flexibility index (Phi) is 4.31. The van der Waals surface area contributed by atoms with Gasteiger partial charge < -0.3 is 0 Å². The summed E-state index contributed by atoms with van der Waals surface area (Å²) in [6.07, 6.45) is 1.76. The Morgan fingerprint density at radius 2 is 1.91 bits per heavy atom. The minimum Gasteiger partial charge on any atom is -0.250 e. The molecule has 1 aromatic heterocycles. The van der Waals surface area contributed by atoms with Crippen LogP contribution in [0.5, 0.6) is 0 Å². The molecule has 0 aliphatic carbocycles. The number of hydrogen-bond acceptors (Lipinski definition) is 3. The highest BCUT2D eigenvalue weighted by Gasteiger charge is 2.07. The number of H-pyrrole nitrogens is 1. The molecular formula is C16H13BrN4S. The first-order chi connectivity index (χ1) is 10.6. The predicted octanol–water partition coefficient (Wildman–Crippen LogP) is 4.56. The molecule has 0 unspecified atom stereocenters. The number of halogens is 1. The average Bonchev–Trinajstić information content (AvgIpc) is 2.88. The van der Waals surface area contributed by atoms with Crippen LogP contribution in [0.15, 0.2) is 58.1 Å². The molecule has 0 atom stereocenters. The van der Waals surface area contributed by atoms with Crippen molar-refractivity contribution in [2.24, 2.45) is 5.10 Å². The molecule has 4 nitrogen and oxygen atoms in total. The predicted molar refractivity (Wildman–Crippen MR) is 94.7 cm³/mol. The third-order valence-corrected chi connectivity index (χ3v) is 4.16. The summed E-state index contributed by atoms with van der Waals surface area (Å²) in [4.78, 5) is 0. The van der Waals surface area contributed by atoms with E-state index in [0.29, 0.717) is 10.6 Å². The van der Waals surface area contributed by atoms with E-state index in [2.05, 4.69) is 31.2 Å². The monoisotopic (exact) mass is 372 g/mol. The molecule has 0 aliphatic heterocycles. The number of aromatic amines is 1. The first-order valence-corrected chi connectivity index (χ1v) is 7.88. The van der Waals surface area contributed by atoms with Crippen LogP contribution in [0.1, 0.15) is 11.1 Å². The summed E-state index contributed by atoms with van der Waals surface area (Å²) < 4.78 is 3.06. The van der Waals surface area contributed by atoms with Crippen molar-refractivity contribution >= 4 is 34.4 Å². The molecule has 0 fully saturated rings. The van der Waals surface area contributed by atoms with Crippen molar-refractivity contribution in [3.8, 4) is 11.4 Å². The molecule has 2 aromatic carbocycles. The Balaban J connectivity index is 2.01. The fraction of sp³-hybridized carbons (Fsp3) is 0.0625. The van der Waals surface area contributed by atoms with Crippen LogP contribution in [0, 0.1) is 11.7 Å². The van der Waals surface area contributed by atoms with Crippen molar-refractivity contribution in [3.05, 3.63) is 68.9 Å². The molecule has 0 spiro atoms. The van der Waals surface area contributed by atoms with Gasteiger partial charge in [-0.05, 0) is 25.2 Å². The molecular weight excluding hydrogens is 360 g/mol. The number of aryl methyl sites for hydroxylation is 1. The highest BCUT2D eigenvalue weighted by molar-refractivity contribution is 9.10. The Labute approximate surface area is 141 Å². The van der Waals surface area contributed by atoms with E-state index in [1.807, 2.05) is 55.5 Å². The van der Waals surface area contributed by atoms with Crippen molar-refractivity contribution in [1.82, 2.24) is 14.9 Å². The molecule has 0 amide bonds. The number of nitrogens with one attached hydrogen (secondary N) is 1. The van der Waals surface area contributed by atoms with Crippen molar-refractivity contribution in [3.63, 3.8) is 0 Å². The van der Waals surface area contributed by atoms with E-state index < -0.39 is 0 Å². The van der Waals surface area contributed by atoms with Gasteiger partial charge in [-0.2, -0.15) is 14.9 Å². The maximum atomic E-state index is 5.27. The summed E-state index contributed by atoms with van der Waals surface area (Å²) in [7, 11) is 0. The number of hydrogen-bond donors (Lipinski definition) is 1. The molecule has 0 bridgehead atoms. The lowest BCUT2D eigenvalue weighted by molar-refractivity contribution is 0.871. The number of aromatic nitrogens is 3. The minimum atomic E-state index is 0.457. The lowest BCUT2D eigenvalue weighted by Crippen LogP contribution is -1.95. The van der Waals surface area contributed by atoms with Crippen LogP contribution in [-0.2, 0) is 0 Å². The Morgan fingerprint density at radius 1 is 1.18 bits per heavy atom. The molecule has 1 heterocycles. The zero-order valence-electron chi connectivity index (χ0n) is 11.8. The number of rotatable bonds is 3. The van der Waals surface area contributed by atoms with Gasteiger partial charge in [0.2, 0.25) is 4.77 Å². The van der Waals surface area contributed by atoms with Gasteiger partial charge in [0.1, 0.15) is 0 Å². The van der Waals surface area contributed by atoms with Gasteiger partial charge in [0, 0.05) is 15.6 Å². The molecule has 6 heteroatoms. The van der Waals surface area contributed by atoms with E-state index in [9.17, 15) is 0 Å². The van der Waals surface area contributed by atoms with Crippen molar-refractivity contribution in [2.75, 3.05) is 0 Å². The second-order valence-corrected chi connectivity index (χ2v) is 6.04. The number of nitrogens with zero attached hydrogens (tertiary/aromatic N) is 3. The van der Waals surface area contributed by atoms with Crippen LogP contribution >= 0.6 is 28.1 Å². The van der Waals surface area contributed by atoms with Gasteiger partial charge in [-0.3, -0.25) is 0 Å². The second-order valence-electron chi connectivity index (χ2n) is 4.80. The molecule has 0 aliphatic rings. The first-order valence-electron chi connectivity index (χ1n) is 6.68. The van der Waals surface area contributed by atoms with E-state index in [1.165, 1.54) is 5.56 Å². The van der Waals surface area contributed by atoms with Gasteiger partial charge >= 0.3 is 0 Å². The standard InChI is InChI=1S/C16H13BrN4S/c1-11-6-8-12(9-7-11)15-19-20-16(22)21(15)18-10-13-4-2-3-5-14(13)17/h2-10H,1H3,(H,20,22). The number of benzene rings is 2. The summed E-state index contributed by atoms with van der Waals surface area (Å²) in [6.45, 7) is 2.05. The summed E-state index contributed by atoms with van der Waals surface area (Å²) in [5, 5.41) is 11.5. The van der Waals surface area contributed by atoms with Crippen molar-refractivity contribution < 1.29 is 0 Å². The summed E-state index contributed by atoms with van der Waals surface area (Å²) in [6, 6.07) is 15.9. The van der Waals surface area contributed by atoms with Gasteiger partial charge in [-0.25, -0.2) is 5.10 Å². The Hall–Kier alpha value is -2.05. The van der Waals surface area contributed by atoms with Crippen LogP contribution < -0.4 is 0 Å². The lowest BCUT2D eigenvalue weighted by atomic mass is 10.1. The fourth-order valence-electron chi connectivity index (χ4n) is 1.99. The highest BCUT2D eigenvalue weighted by Crippen LogP contribution is 2.18. The van der Waals surface area contributed by atoms with E-state index in [1.54, 1.807) is 10.9 Å². The summed E-state index contributed by atoms with van der Waals surface area (Å²) >= 11 is 8.77. The van der Waals surface area contributed by atoms with Crippen molar-refractivity contribution in [2.45, 2.75) is 6.92 Å². The van der Waals surface area contributed by atoms with Crippen LogP contribution in [-0.4, -0.2) is 21.1 Å². The largest absolute Gasteiger partial charge is 0.250 e. The lowest BCUT2D eigenvalue weighted by Gasteiger charge is -2.02. The maximum Gasteiger partial charge on any atom is 0.216 e. The van der Waals surface area contributed by atoms with Gasteiger partial charge in [0.05, 0.1) is 6.21 Å². The second kappa shape index (κ2) is 6.37. The zero-order valence-corrected chi connectivity index (χ0v) is 14.2. The Morgan fingerprint density at radius 3 is 2.64 bits per heavy atom. The van der Waals surface area contributed by atoms with Gasteiger partial charge in [0.25, 0.3) is 0 Å². The molecule has 0 saturated heterocycles. The van der Waals surface area contributed by atoms with Crippen LogP contribution in [0.2, 0.25) is 0 Å². The van der Waals surface area contributed by atoms with Crippen LogP contribution in [0.25, 0.3) is 11.4 Å². The molecule has 0 radical (unpaired) electrons. The van der Waals surface area contributed by atoms with Gasteiger partial charge in [-0.1, -0.05) is 64.0 Å². The van der Waals surface area contributed by atoms with Crippen molar-refractivity contribution in [1.29, 1.82) is 0 Å². The molecule has 1 N–H and O–H groups in total. The molecule has 3 aromatic rings. The SMILES string of the molecule is Cc1ccc(-c2n[nH]c(=S)n2N=Cc2ccccc2Br)cc1. The molecule has 22 heavy (non-hydrogen) atoms. The smallest absolute Gasteiger partial charge is 0.216 e. The van der Waals surface area contributed by atoms with E-state index in [-0.39, 0.29) is 0 Å². The normalized spacial score (nSPS) is 11.2. The highest BCUT2D eigenvalue weighted by atomic mass is 79.9. The quantitative estimate of drug-likeness (QED) is 0.540. The van der Waals surface area contributed by atoms with E-state index >= 15 is 0 Å². The fourth-order valence-corrected chi connectivity index (χ4v) is 2.55. The van der Waals surface area contributed by atoms with Gasteiger partial charge in [0.15, 0.2) is 5.82 Å². The topological polar surface area (TPSA) is 46.0 Å². The third kappa shape index (κ3) is 3.08. The zero-order chi connectivity index (χ0) is 15.5. The minimum absolute atomic E-state index is 0.457. The summed E-state index contributed by atoms with van der Waals surface area (Å²) in [5.41, 5.74) is 3.13. The average molecular weight is 373 g/mol. The summed E-state index contributed by atoms with van der Waals surface area (Å²) in [5.74, 6) is 0.688. The van der Waals surface area contributed by atoms with Crippen LogP contribution in [0.4, 0.5) is 0 Å². The maximum absolute atomic E-state index is 5.27.